The summed E-state index contributed by atoms with van der Waals surface area (Å²) in [4.78, 5) is 14.8. The maximum atomic E-state index is 14.0. The van der Waals surface area contributed by atoms with Crippen LogP contribution >= 0.6 is 35.6 Å². The van der Waals surface area contributed by atoms with Gasteiger partial charge < -0.3 is 5.32 Å². The van der Waals surface area contributed by atoms with Crippen molar-refractivity contribution in [3.05, 3.63) is 33.3 Å². The highest BCUT2D eigenvalue weighted by Gasteiger charge is 2.48. The van der Waals surface area contributed by atoms with Gasteiger partial charge in [0.15, 0.2) is 0 Å². The van der Waals surface area contributed by atoms with E-state index in [-0.39, 0.29) is 68.7 Å². The average molecular weight is 603 g/mol. The van der Waals surface area contributed by atoms with Gasteiger partial charge in [0, 0.05) is 51.1 Å². The minimum absolute atomic E-state index is 0. The molecular formula is C21H27Cl3F5N3O3S. The quantitative estimate of drug-likeness (QED) is 0.462. The Bertz CT molecular complexity index is 1050. The molecule has 36 heavy (non-hydrogen) atoms. The Morgan fingerprint density at radius 3 is 2.11 bits per heavy atom. The lowest BCUT2D eigenvalue weighted by Gasteiger charge is -2.50. The summed E-state index contributed by atoms with van der Waals surface area (Å²) in [5.41, 5.74) is -2.67. The Balaban J connectivity index is 0.00000456. The van der Waals surface area contributed by atoms with Crippen molar-refractivity contribution in [3.8, 4) is 0 Å². The summed E-state index contributed by atoms with van der Waals surface area (Å²) in [5.74, 6) is -3.87. The molecule has 0 spiro atoms. The van der Waals surface area contributed by atoms with Gasteiger partial charge in [0.1, 0.15) is 0 Å². The number of alkyl halides is 5. The van der Waals surface area contributed by atoms with Crippen LogP contribution in [0.5, 0.6) is 0 Å². The van der Waals surface area contributed by atoms with Crippen molar-refractivity contribution in [2.24, 2.45) is 0 Å². The summed E-state index contributed by atoms with van der Waals surface area (Å²) >= 11 is 11.8. The van der Waals surface area contributed by atoms with Gasteiger partial charge in [-0.2, -0.15) is 17.5 Å². The van der Waals surface area contributed by atoms with Gasteiger partial charge in [-0.25, -0.2) is 17.2 Å². The molecule has 6 nitrogen and oxygen atoms in total. The first-order chi connectivity index (χ1) is 16.1. The van der Waals surface area contributed by atoms with Crippen molar-refractivity contribution in [2.45, 2.75) is 50.2 Å². The van der Waals surface area contributed by atoms with E-state index in [0.29, 0.717) is 6.07 Å². The SMILES string of the molecule is CCS(=O)(=O)N1CCN(C2(CNC(=O)c3c(Cl)ccc(C(F)(F)F)c3Cl)CCC(F)(F)CC2)CC1.Cl. The second kappa shape index (κ2) is 11.4. The summed E-state index contributed by atoms with van der Waals surface area (Å²) in [5, 5.41) is 1.44. The van der Waals surface area contributed by atoms with E-state index in [1.807, 2.05) is 4.90 Å². The van der Waals surface area contributed by atoms with E-state index in [9.17, 15) is 35.2 Å². The third kappa shape index (κ3) is 6.74. The molecular weight excluding hydrogens is 576 g/mol. The summed E-state index contributed by atoms with van der Waals surface area (Å²) < 4.78 is 93.4. The summed E-state index contributed by atoms with van der Waals surface area (Å²) in [6, 6.07) is 1.60. The molecule has 0 atom stereocenters. The van der Waals surface area contributed by atoms with Crippen LogP contribution in [-0.2, 0) is 16.2 Å². The summed E-state index contributed by atoms with van der Waals surface area (Å²) in [7, 11) is -3.41. The zero-order chi connectivity index (χ0) is 26.2. The van der Waals surface area contributed by atoms with Gasteiger partial charge in [-0.1, -0.05) is 23.2 Å². The van der Waals surface area contributed by atoms with E-state index >= 15 is 0 Å². The fraction of sp³-hybridized carbons (Fsp3) is 0.667. The lowest BCUT2D eigenvalue weighted by atomic mass is 9.78. The number of carbonyl (C=O) groups excluding carboxylic acids is 1. The van der Waals surface area contributed by atoms with Gasteiger partial charge in [-0.3, -0.25) is 9.69 Å². The molecule has 1 saturated heterocycles. The highest BCUT2D eigenvalue weighted by molar-refractivity contribution is 7.89. The Labute approximate surface area is 222 Å². The third-order valence-electron chi connectivity index (χ3n) is 6.78. The monoisotopic (exact) mass is 601 g/mol. The molecule has 2 fully saturated rings. The number of piperazine rings is 1. The van der Waals surface area contributed by atoms with E-state index in [1.54, 1.807) is 0 Å². The van der Waals surface area contributed by atoms with E-state index < -0.39 is 62.6 Å². The zero-order valence-corrected chi connectivity index (χ0v) is 22.5. The molecule has 1 aliphatic carbocycles. The molecule has 206 valence electrons. The number of hydrogen-bond acceptors (Lipinski definition) is 4. The number of rotatable bonds is 6. The van der Waals surface area contributed by atoms with Crippen LogP contribution in [0.2, 0.25) is 10.0 Å². The van der Waals surface area contributed by atoms with E-state index in [1.165, 1.54) is 11.2 Å². The van der Waals surface area contributed by atoms with Gasteiger partial charge in [0.2, 0.25) is 15.9 Å². The van der Waals surface area contributed by atoms with Crippen LogP contribution in [0.1, 0.15) is 48.5 Å². The smallest absolute Gasteiger partial charge is 0.350 e. The Kier molecular flexibility index (Phi) is 9.95. The van der Waals surface area contributed by atoms with Crippen LogP contribution in [0.15, 0.2) is 12.1 Å². The fourth-order valence-electron chi connectivity index (χ4n) is 4.62. The molecule has 1 saturated carbocycles. The molecule has 3 rings (SSSR count). The molecule has 1 aromatic rings. The van der Waals surface area contributed by atoms with Gasteiger partial charge in [0.25, 0.3) is 5.91 Å². The lowest BCUT2D eigenvalue weighted by molar-refractivity contribution is -0.137. The fourth-order valence-corrected chi connectivity index (χ4v) is 6.36. The van der Waals surface area contributed by atoms with Gasteiger partial charge >= 0.3 is 6.18 Å². The van der Waals surface area contributed by atoms with Gasteiger partial charge in [0.05, 0.1) is 26.9 Å². The van der Waals surface area contributed by atoms with Crippen molar-refractivity contribution < 1.29 is 35.2 Å². The normalized spacial score (nSPS) is 21.0. The van der Waals surface area contributed by atoms with Gasteiger partial charge in [-0.15, -0.1) is 12.4 Å². The first kappa shape index (κ1) is 31.3. The zero-order valence-electron chi connectivity index (χ0n) is 19.3. The molecule has 1 amide bonds. The van der Waals surface area contributed by atoms with Crippen LogP contribution in [0.3, 0.4) is 0 Å². The van der Waals surface area contributed by atoms with Crippen molar-refractivity contribution >= 4 is 51.5 Å². The first-order valence-electron chi connectivity index (χ1n) is 11.1. The molecule has 2 aliphatic rings. The summed E-state index contributed by atoms with van der Waals surface area (Å²) in [6.07, 6.45) is -5.62. The number of hydrogen-bond donors (Lipinski definition) is 1. The molecule has 15 heteroatoms. The van der Waals surface area contributed by atoms with Crippen LogP contribution in [0, 0.1) is 0 Å². The maximum Gasteiger partial charge on any atom is 0.417 e. The minimum atomic E-state index is -4.80. The lowest BCUT2D eigenvalue weighted by Crippen LogP contribution is -2.63. The number of carbonyl (C=O) groups is 1. The van der Waals surface area contributed by atoms with Crippen LogP contribution < -0.4 is 5.32 Å². The average Bonchev–Trinajstić information content (AvgIpc) is 2.78. The molecule has 0 unspecified atom stereocenters. The predicted octanol–water partition coefficient (Wildman–Crippen LogP) is 5.08. The largest absolute Gasteiger partial charge is 0.417 e. The highest BCUT2D eigenvalue weighted by atomic mass is 35.5. The number of nitrogens with one attached hydrogen (secondary N) is 1. The van der Waals surface area contributed by atoms with Crippen molar-refractivity contribution in [1.82, 2.24) is 14.5 Å². The molecule has 0 radical (unpaired) electrons. The maximum absolute atomic E-state index is 14.0. The summed E-state index contributed by atoms with van der Waals surface area (Å²) in [6.45, 7) is 2.29. The van der Waals surface area contributed by atoms with Crippen LogP contribution in [0.4, 0.5) is 22.0 Å². The van der Waals surface area contributed by atoms with Crippen LogP contribution in [-0.4, -0.2) is 73.5 Å². The van der Waals surface area contributed by atoms with Crippen molar-refractivity contribution in [1.29, 1.82) is 0 Å². The molecule has 1 aromatic carbocycles. The number of sulfonamides is 1. The Morgan fingerprint density at radius 1 is 1.06 bits per heavy atom. The van der Waals surface area contributed by atoms with E-state index in [4.69, 9.17) is 23.2 Å². The number of halogens is 8. The Hall–Kier alpha value is -0.920. The highest BCUT2D eigenvalue weighted by Crippen LogP contribution is 2.42. The minimum Gasteiger partial charge on any atom is -0.350 e. The third-order valence-corrected chi connectivity index (χ3v) is 9.37. The second-order valence-electron chi connectivity index (χ2n) is 8.83. The van der Waals surface area contributed by atoms with Crippen LogP contribution in [0.25, 0.3) is 0 Å². The topological polar surface area (TPSA) is 69.7 Å². The van der Waals surface area contributed by atoms with Crippen molar-refractivity contribution in [2.75, 3.05) is 38.5 Å². The molecule has 0 bridgehead atoms. The molecule has 1 heterocycles. The Morgan fingerprint density at radius 2 is 1.61 bits per heavy atom. The second-order valence-corrected chi connectivity index (χ2v) is 11.9. The molecule has 0 aromatic heterocycles. The number of amides is 1. The first-order valence-corrected chi connectivity index (χ1v) is 13.4. The molecule has 1 N–H and O–H groups in total. The van der Waals surface area contributed by atoms with E-state index in [0.717, 1.165) is 6.07 Å². The van der Waals surface area contributed by atoms with Crippen molar-refractivity contribution in [3.63, 3.8) is 0 Å². The number of nitrogens with zero attached hydrogens (tertiary/aromatic N) is 2. The predicted molar refractivity (Wildman–Crippen MR) is 130 cm³/mol. The standard InChI is InChI=1S/C21H26Cl2F5N3O3S.ClH/c1-2-35(33,34)31-11-9-30(10-12-31)19(5-7-20(24,25)8-6-19)13-29-18(32)16-15(22)4-3-14(17(16)23)21(26,27)28;/h3-4H,2,5-13H2,1H3,(H,29,32);1H. The van der Waals surface area contributed by atoms with Gasteiger partial charge in [-0.05, 0) is 31.9 Å². The number of benzene rings is 1. The van der Waals surface area contributed by atoms with E-state index in [2.05, 4.69) is 5.32 Å². The molecule has 1 aliphatic heterocycles.